The first kappa shape index (κ1) is 32.4. The first-order valence-electron chi connectivity index (χ1n) is 12.4. The molecule has 1 saturated heterocycles. The molecule has 0 bridgehead atoms. The molecular weight excluding hydrogens is 561 g/mol. The van der Waals surface area contributed by atoms with Gasteiger partial charge in [-0.2, -0.15) is 0 Å². The molecule has 1 heterocycles. The summed E-state index contributed by atoms with van der Waals surface area (Å²) in [6.45, 7) is 12.0. The van der Waals surface area contributed by atoms with Crippen LogP contribution in [-0.4, -0.2) is 136 Å². The Bertz CT molecular complexity index is 393. The van der Waals surface area contributed by atoms with E-state index < -0.39 is 0 Å². The van der Waals surface area contributed by atoms with E-state index in [-0.39, 0.29) is 0 Å². The summed E-state index contributed by atoms with van der Waals surface area (Å²) in [6.07, 6.45) is 2.56. The van der Waals surface area contributed by atoms with Crippen LogP contribution in [0.3, 0.4) is 0 Å². The monoisotopic (exact) mass is 607 g/mol. The summed E-state index contributed by atoms with van der Waals surface area (Å²) < 4.78 is 50.3. The van der Waals surface area contributed by atoms with E-state index in [1.165, 1.54) is 0 Å². The van der Waals surface area contributed by atoms with Gasteiger partial charge in [-0.1, -0.05) is 22.6 Å². The average molecular weight is 608 g/mol. The van der Waals surface area contributed by atoms with E-state index in [4.69, 9.17) is 42.6 Å². The molecule has 0 aromatic heterocycles. The number of halogens is 1. The van der Waals surface area contributed by atoms with Gasteiger partial charge in [0.25, 0.3) is 0 Å². The maximum absolute atomic E-state index is 5.78. The van der Waals surface area contributed by atoms with Crippen molar-refractivity contribution >= 4 is 22.6 Å². The van der Waals surface area contributed by atoms with Gasteiger partial charge in [0.2, 0.25) is 0 Å². The molecule has 1 fully saturated rings. The van der Waals surface area contributed by atoms with E-state index in [0.717, 1.165) is 37.0 Å². The van der Waals surface area contributed by atoms with E-state index in [0.29, 0.717) is 112 Å². The Labute approximate surface area is 219 Å². The first-order chi connectivity index (χ1) is 16.9. The first-order valence-corrected chi connectivity index (χ1v) is 14.0. The molecule has 0 spiro atoms. The Kier molecular flexibility index (Phi) is 26.6. The number of ether oxygens (including phenoxy) is 9. The third-order valence-corrected chi connectivity index (χ3v) is 5.13. The lowest BCUT2D eigenvalue weighted by atomic mass is 10.1. The minimum absolute atomic E-state index is 0.381. The molecule has 1 rings (SSSR count). The Morgan fingerprint density at radius 2 is 0.735 bits per heavy atom. The molecule has 34 heavy (non-hydrogen) atoms. The molecule has 0 saturated carbocycles. The van der Waals surface area contributed by atoms with Crippen molar-refractivity contribution in [3.63, 3.8) is 0 Å². The molecule has 11 heteroatoms. The van der Waals surface area contributed by atoms with Crippen molar-refractivity contribution in [2.24, 2.45) is 0 Å². The van der Waals surface area contributed by atoms with Crippen molar-refractivity contribution in [3.05, 3.63) is 0 Å². The van der Waals surface area contributed by atoms with Crippen LogP contribution in [0.1, 0.15) is 12.8 Å². The third kappa shape index (κ3) is 24.0. The van der Waals surface area contributed by atoms with Crippen molar-refractivity contribution in [1.82, 2.24) is 5.32 Å². The topological polar surface area (TPSA) is 95.1 Å². The molecule has 0 atom stereocenters. The van der Waals surface area contributed by atoms with Crippen LogP contribution < -0.4 is 5.32 Å². The summed E-state index contributed by atoms with van der Waals surface area (Å²) in [5.41, 5.74) is 0. The summed E-state index contributed by atoms with van der Waals surface area (Å²) in [6, 6.07) is 0. The largest absolute Gasteiger partial charge is 0.378 e. The minimum Gasteiger partial charge on any atom is -0.378 e. The van der Waals surface area contributed by atoms with Crippen molar-refractivity contribution in [2.75, 3.05) is 130 Å². The van der Waals surface area contributed by atoms with E-state index in [2.05, 4.69) is 27.9 Å². The van der Waals surface area contributed by atoms with Gasteiger partial charge in [-0.15, -0.1) is 0 Å². The molecular formula is C23H46INO9. The molecule has 1 aliphatic heterocycles. The third-order valence-electron chi connectivity index (χ3n) is 4.69. The minimum atomic E-state index is 0.381. The lowest BCUT2D eigenvalue weighted by Gasteiger charge is -2.22. The van der Waals surface area contributed by atoms with Crippen LogP contribution in [0.4, 0.5) is 0 Å². The number of hydrogen-bond donors (Lipinski definition) is 1. The Morgan fingerprint density at radius 3 is 1.06 bits per heavy atom. The smallest absolute Gasteiger partial charge is 0.0704 e. The highest BCUT2D eigenvalue weighted by Crippen LogP contribution is 2.06. The summed E-state index contributed by atoms with van der Waals surface area (Å²) in [5.74, 6) is 0. The summed E-state index contributed by atoms with van der Waals surface area (Å²) in [4.78, 5) is 0. The predicted molar refractivity (Wildman–Crippen MR) is 137 cm³/mol. The molecule has 204 valence electrons. The van der Waals surface area contributed by atoms with Crippen LogP contribution in [-0.2, 0) is 42.6 Å². The Morgan fingerprint density at radius 1 is 0.441 bits per heavy atom. The van der Waals surface area contributed by atoms with Gasteiger partial charge in [-0.05, 0) is 25.9 Å². The van der Waals surface area contributed by atoms with Gasteiger partial charge in [-0.25, -0.2) is 0 Å². The molecule has 1 aliphatic rings. The van der Waals surface area contributed by atoms with Crippen molar-refractivity contribution in [3.8, 4) is 0 Å². The summed E-state index contributed by atoms with van der Waals surface area (Å²) in [5, 5.41) is 3.33. The normalized spacial score (nSPS) is 14.7. The number of nitrogens with one attached hydrogen (secondary N) is 1. The molecule has 0 aliphatic carbocycles. The van der Waals surface area contributed by atoms with E-state index in [1.807, 2.05) is 0 Å². The number of alkyl halides is 1. The van der Waals surface area contributed by atoms with Gasteiger partial charge in [-0.3, -0.25) is 0 Å². The molecule has 0 unspecified atom stereocenters. The zero-order valence-corrected chi connectivity index (χ0v) is 22.8. The average Bonchev–Trinajstić information content (AvgIpc) is 2.87. The lowest BCUT2D eigenvalue weighted by Crippen LogP contribution is -2.33. The van der Waals surface area contributed by atoms with Crippen molar-refractivity contribution < 1.29 is 42.6 Å². The van der Waals surface area contributed by atoms with Crippen molar-refractivity contribution in [2.45, 2.75) is 18.9 Å². The lowest BCUT2D eigenvalue weighted by molar-refractivity contribution is -0.0317. The van der Waals surface area contributed by atoms with Crippen LogP contribution in [0.15, 0.2) is 0 Å². The SMILES string of the molecule is ICCOCCOCCOCCOCCOCCOCCOCCOCCOC1CCNCC1. The highest BCUT2D eigenvalue weighted by Gasteiger charge is 2.12. The predicted octanol–water partition coefficient (Wildman–Crippen LogP) is 1.32. The van der Waals surface area contributed by atoms with Crippen LogP contribution >= 0.6 is 22.6 Å². The Hall–Kier alpha value is 0.330. The number of rotatable bonds is 27. The van der Waals surface area contributed by atoms with Gasteiger partial charge in [0, 0.05) is 4.43 Å². The second kappa shape index (κ2) is 27.9. The zero-order chi connectivity index (χ0) is 24.2. The maximum atomic E-state index is 5.78. The maximum Gasteiger partial charge on any atom is 0.0704 e. The highest BCUT2D eigenvalue weighted by molar-refractivity contribution is 14.1. The van der Waals surface area contributed by atoms with E-state index in [9.17, 15) is 0 Å². The van der Waals surface area contributed by atoms with Gasteiger partial charge in [0.1, 0.15) is 0 Å². The molecule has 0 aromatic carbocycles. The van der Waals surface area contributed by atoms with E-state index in [1.54, 1.807) is 0 Å². The fourth-order valence-electron chi connectivity index (χ4n) is 2.93. The van der Waals surface area contributed by atoms with Crippen LogP contribution in [0.2, 0.25) is 0 Å². The second-order valence-corrected chi connectivity index (χ2v) is 8.49. The Balaban J connectivity index is 1.61. The molecule has 10 nitrogen and oxygen atoms in total. The standard InChI is InChI=1S/C23H46INO9/c24-3-6-26-7-8-27-9-10-28-11-12-29-13-14-30-15-16-31-17-18-32-19-20-33-21-22-34-23-1-4-25-5-2-23/h23,25H,1-22H2. The summed E-state index contributed by atoms with van der Waals surface area (Å²) >= 11 is 2.28. The quantitative estimate of drug-likeness (QED) is 0.0838. The zero-order valence-electron chi connectivity index (χ0n) is 20.7. The van der Waals surface area contributed by atoms with Gasteiger partial charge in [0.05, 0.1) is 118 Å². The second-order valence-electron chi connectivity index (χ2n) is 7.41. The molecule has 1 N–H and O–H groups in total. The number of piperidine rings is 1. The highest BCUT2D eigenvalue weighted by atomic mass is 127. The van der Waals surface area contributed by atoms with Crippen LogP contribution in [0.5, 0.6) is 0 Å². The molecule has 0 aromatic rings. The fraction of sp³-hybridized carbons (Fsp3) is 1.00. The molecule has 0 amide bonds. The van der Waals surface area contributed by atoms with Gasteiger partial charge < -0.3 is 47.9 Å². The van der Waals surface area contributed by atoms with E-state index >= 15 is 0 Å². The van der Waals surface area contributed by atoms with Crippen LogP contribution in [0, 0.1) is 0 Å². The molecule has 0 radical (unpaired) electrons. The van der Waals surface area contributed by atoms with Crippen LogP contribution in [0.25, 0.3) is 0 Å². The van der Waals surface area contributed by atoms with Crippen molar-refractivity contribution in [1.29, 1.82) is 0 Å². The fourth-order valence-corrected chi connectivity index (χ4v) is 3.24. The summed E-state index contributed by atoms with van der Waals surface area (Å²) in [7, 11) is 0. The van der Waals surface area contributed by atoms with Gasteiger partial charge >= 0.3 is 0 Å². The van der Waals surface area contributed by atoms with Gasteiger partial charge in [0.15, 0.2) is 0 Å². The number of hydrogen-bond acceptors (Lipinski definition) is 10.